The molecular formula is C14H11N5O. The maximum atomic E-state index is 8.93. The van der Waals surface area contributed by atoms with Gasteiger partial charge < -0.3 is 15.8 Å². The van der Waals surface area contributed by atoms with Gasteiger partial charge in [0.25, 0.3) is 0 Å². The fraction of sp³-hybridized carbons (Fsp3) is 0.0714. The van der Waals surface area contributed by atoms with Crippen LogP contribution in [0.3, 0.4) is 0 Å². The maximum Gasteiger partial charge on any atom is 0.155 e. The van der Waals surface area contributed by atoms with Gasteiger partial charge in [-0.05, 0) is 18.2 Å². The number of nitrogens with two attached hydrogens (primary N) is 1. The molecule has 20 heavy (non-hydrogen) atoms. The summed E-state index contributed by atoms with van der Waals surface area (Å²) in [7, 11) is 1.50. The minimum Gasteiger partial charge on any atom is -0.495 e. The minimum absolute atomic E-state index is 0.265. The molecule has 0 amide bonds. The van der Waals surface area contributed by atoms with E-state index in [0.717, 1.165) is 0 Å². The molecule has 0 aliphatic carbocycles. The van der Waals surface area contributed by atoms with Crippen molar-refractivity contribution in [2.45, 2.75) is 0 Å². The highest BCUT2D eigenvalue weighted by atomic mass is 16.5. The molecule has 1 aromatic carbocycles. The standard InChI is InChI=1S/C14H11N5O/c1-20-12-6-9(7-15)2-3-11(12)19-14-13(17)10(8-16)4-5-18-14/h2-6H,17H2,1H3,(H,18,19). The summed E-state index contributed by atoms with van der Waals surface area (Å²) < 4.78 is 5.21. The van der Waals surface area contributed by atoms with Crippen molar-refractivity contribution in [3.8, 4) is 17.9 Å². The summed E-state index contributed by atoms with van der Waals surface area (Å²) in [5.41, 5.74) is 7.55. The molecule has 0 aliphatic rings. The predicted octanol–water partition coefficient (Wildman–Crippen LogP) is 2.16. The molecule has 0 saturated carbocycles. The van der Waals surface area contributed by atoms with Gasteiger partial charge in [-0.1, -0.05) is 0 Å². The first-order valence-corrected chi connectivity index (χ1v) is 5.69. The van der Waals surface area contributed by atoms with E-state index in [0.29, 0.717) is 28.4 Å². The third kappa shape index (κ3) is 2.45. The number of ether oxygens (including phenoxy) is 1. The van der Waals surface area contributed by atoms with Crippen molar-refractivity contribution in [3.63, 3.8) is 0 Å². The second-order valence-electron chi connectivity index (χ2n) is 3.88. The Labute approximate surface area is 116 Å². The predicted molar refractivity (Wildman–Crippen MR) is 74.4 cm³/mol. The Hall–Kier alpha value is -3.25. The fourth-order valence-electron chi connectivity index (χ4n) is 1.66. The molecular weight excluding hydrogens is 254 g/mol. The third-order valence-corrected chi connectivity index (χ3v) is 2.69. The highest BCUT2D eigenvalue weighted by Crippen LogP contribution is 2.30. The quantitative estimate of drug-likeness (QED) is 0.880. The Balaban J connectivity index is 2.41. The lowest BCUT2D eigenvalue weighted by Crippen LogP contribution is -2.02. The number of aromatic nitrogens is 1. The Morgan fingerprint density at radius 1 is 1.25 bits per heavy atom. The number of nitrogen functional groups attached to an aromatic ring is 1. The van der Waals surface area contributed by atoms with Crippen LogP contribution in [0.1, 0.15) is 11.1 Å². The molecule has 0 saturated heterocycles. The van der Waals surface area contributed by atoms with Crippen molar-refractivity contribution in [1.82, 2.24) is 4.98 Å². The number of pyridine rings is 1. The first-order chi connectivity index (χ1) is 9.69. The molecule has 0 radical (unpaired) electrons. The van der Waals surface area contributed by atoms with Gasteiger partial charge in [-0.25, -0.2) is 4.98 Å². The van der Waals surface area contributed by atoms with E-state index in [2.05, 4.69) is 10.3 Å². The molecule has 1 aromatic heterocycles. The van der Waals surface area contributed by atoms with Gasteiger partial charge in [0.05, 0.1) is 35.7 Å². The number of anilines is 3. The normalized spacial score (nSPS) is 9.35. The van der Waals surface area contributed by atoms with Crippen molar-refractivity contribution in [3.05, 3.63) is 41.6 Å². The molecule has 2 rings (SSSR count). The number of rotatable bonds is 3. The topological polar surface area (TPSA) is 108 Å². The van der Waals surface area contributed by atoms with E-state index in [4.69, 9.17) is 21.0 Å². The second-order valence-corrected chi connectivity index (χ2v) is 3.88. The number of hydrogen-bond donors (Lipinski definition) is 2. The molecule has 2 aromatic rings. The van der Waals surface area contributed by atoms with Gasteiger partial charge in [0.15, 0.2) is 5.82 Å². The second kappa shape index (κ2) is 5.59. The third-order valence-electron chi connectivity index (χ3n) is 2.69. The number of benzene rings is 1. The van der Waals surface area contributed by atoms with Crippen LogP contribution in [0, 0.1) is 22.7 Å². The SMILES string of the molecule is COc1cc(C#N)ccc1Nc1nccc(C#N)c1N. The summed E-state index contributed by atoms with van der Waals surface area (Å²) in [6.45, 7) is 0. The average Bonchev–Trinajstić information content (AvgIpc) is 2.49. The Morgan fingerprint density at radius 2 is 2.05 bits per heavy atom. The molecule has 0 spiro atoms. The van der Waals surface area contributed by atoms with Gasteiger partial charge in [0.1, 0.15) is 11.8 Å². The van der Waals surface area contributed by atoms with Crippen molar-refractivity contribution in [2.24, 2.45) is 0 Å². The molecule has 98 valence electrons. The van der Waals surface area contributed by atoms with Crippen molar-refractivity contribution in [1.29, 1.82) is 10.5 Å². The van der Waals surface area contributed by atoms with Crippen molar-refractivity contribution in [2.75, 3.05) is 18.2 Å². The van der Waals surface area contributed by atoms with Crippen LogP contribution >= 0.6 is 0 Å². The number of hydrogen-bond acceptors (Lipinski definition) is 6. The Bertz CT molecular complexity index is 727. The summed E-state index contributed by atoms with van der Waals surface area (Å²) >= 11 is 0. The molecule has 0 fully saturated rings. The summed E-state index contributed by atoms with van der Waals surface area (Å²) in [4.78, 5) is 4.09. The zero-order valence-electron chi connectivity index (χ0n) is 10.7. The van der Waals surface area contributed by atoms with Gasteiger partial charge in [0, 0.05) is 12.3 Å². The number of nitriles is 2. The van der Waals surface area contributed by atoms with E-state index in [9.17, 15) is 0 Å². The molecule has 0 unspecified atom stereocenters. The van der Waals surface area contributed by atoms with Gasteiger partial charge >= 0.3 is 0 Å². The lowest BCUT2D eigenvalue weighted by Gasteiger charge is -2.12. The average molecular weight is 265 g/mol. The molecule has 0 bridgehead atoms. The van der Waals surface area contributed by atoms with Crippen LogP contribution in [0.5, 0.6) is 5.75 Å². The van der Waals surface area contributed by atoms with E-state index >= 15 is 0 Å². The molecule has 0 atom stereocenters. The maximum absolute atomic E-state index is 8.93. The van der Waals surface area contributed by atoms with Crippen LogP contribution in [-0.2, 0) is 0 Å². The largest absolute Gasteiger partial charge is 0.495 e. The Morgan fingerprint density at radius 3 is 2.70 bits per heavy atom. The summed E-state index contributed by atoms with van der Waals surface area (Å²) in [5, 5.41) is 20.8. The van der Waals surface area contributed by atoms with Crippen LogP contribution in [0.25, 0.3) is 0 Å². The summed E-state index contributed by atoms with van der Waals surface area (Å²) in [6.07, 6.45) is 1.49. The minimum atomic E-state index is 0.265. The van der Waals surface area contributed by atoms with E-state index < -0.39 is 0 Å². The smallest absolute Gasteiger partial charge is 0.155 e. The first-order valence-electron chi connectivity index (χ1n) is 5.69. The molecule has 6 heteroatoms. The van der Waals surface area contributed by atoms with E-state index in [-0.39, 0.29) is 5.69 Å². The summed E-state index contributed by atoms with van der Waals surface area (Å²) in [5.74, 6) is 0.861. The van der Waals surface area contributed by atoms with Crippen molar-refractivity contribution < 1.29 is 4.74 Å². The fourth-order valence-corrected chi connectivity index (χ4v) is 1.66. The van der Waals surface area contributed by atoms with Gasteiger partial charge in [-0.15, -0.1) is 0 Å². The molecule has 1 heterocycles. The lowest BCUT2D eigenvalue weighted by molar-refractivity contribution is 0.416. The lowest BCUT2D eigenvalue weighted by atomic mass is 10.2. The van der Waals surface area contributed by atoms with Crippen molar-refractivity contribution >= 4 is 17.2 Å². The van der Waals surface area contributed by atoms with E-state index in [1.165, 1.54) is 19.4 Å². The monoisotopic (exact) mass is 265 g/mol. The van der Waals surface area contributed by atoms with Gasteiger partial charge in [0.2, 0.25) is 0 Å². The highest BCUT2D eigenvalue weighted by Gasteiger charge is 2.10. The first kappa shape index (κ1) is 13.2. The van der Waals surface area contributed by atoms with E-state index in [1.54, 1.807) is 18.2 Å². The number of nitrogens with zero attached hydrogens (tertiary/aromatic N) is 3. The van der Waals surface area contributed by atoms with Crippen LogP contribution < -0.4 is 15.8 Å². The zero-order valence-corrected chi connectivity index (χ0v) is 10.7. The van der Waals surface area contributed by atoms with Crippen LogP contribution in [0.15, 0.2) is 30.5 Å². The highest BCUT2D eigenvalue weighted by molar-refractivity contribution is 5.76. The molecule has 0 aliphatic heterocycles. The van der Waals surface area contributed by atoms with Gasteiger partial charge in [-0.2, -0.15) is 10.5 Å². The van der Waals surface area contributed by atoms with Gasteiger partial charge in [-0.3, -0.25) is 0 Å². The number of nitrogens with one attached hydrogen (secondary N) is 1. The van der Waals surface area contributed by atoms with Crippen LogP contribution in [0.4, 0.5) is 17.2 Å². The summed E-state index contributed by atoms with van der Waals surface area (Å²) in [6, 6.07) is 10.5. The van der Waals surface area contributed by atoms with Crippen LogP contribution in [0.2, 0.25) is 0 Å². The Kier molecular flexibility index (Phi) is 3.69. The van der Waals surface area contributed by atoms with Crippen LogP contribution in [-0.4, -0.2) is 12.1 Å². The zero-order chi connectivity index (χ0) is 14.5. The molecule has 6 nitrogen and oxygen atoms in total. The molecule has 3 N–H and O–H groups in total. The van der Waals surface area contributed by atoms with E-state index in [1.807, 2.05) is 12.1 Å². The number of methoxy groups -OCH3 is 1.